The average Bonchev–Trinajstić information content (AvgIpc) is 2.95. The van der Waals surface area contributed by atoms with Crippen LogP contribution < -0.4 is 10.6 Å². The summed E-state index contributed by atoms with van der Waals surface area (Å²) in [5.74, 6) is -2.41. The quantitative estimate of drug-likeness (QED) is 0.141. The Bertz CT molecular complexity index is 1310. The maximum Gasteiger partial charge on any atom is 0.126 e. The minimum atomic E-state index is -1.62. The number of nitrogens with zero attached hydrogens (tertiary/aromatic N) is 1. The number of rotatable bonds is 9. The zero-order valence-electron chi connectivity index (χ0n) is 22.5. The molecular formula is C33H33F4NP2. The Morgan fingerprint density at radius 2 is 1.20 bits per heavy atom. The van der Waals surface area contributed by atoms with Gasteiger partial charge in [-0.1, -0.05) is 74.0 Å². The Morgan fingerprint density at radius 1 is 0.700 bits per heavy atom. The van der Waals surface area contributed by atoms with Crippen molar-refractivity contribution in [3.8, 4) is 0 Å². The third kappa shape index (κ3) is 6.82. The van der Waals surface area contributed by atoms with Gasteiger partial charge < -0.3 is 0 Å². The zero-order valence-corrected chi connectivity index (χ0v) is 24.3. The van der Waals surface area contributed by atoms with E-state index in [4.69, 9.17) is 0 Å². The molecule has 0 spiro atoms. The van der Waals surface area contributed by atoms with Crippen LogP contribution in [0.2, 0.25) is 0 Å². The van der Waals surface area contributed by atoms with Crippen LogP contribution in [0.1, 0.15) is 55.3 Å². The van der Waals surface area contributed by atoms with Crippen molar-refractivity contribution >= 4 is 26.8 Å². The van der Waals surface area contributed by atoms with Crippen molar-refractivity contribution in [1.29, 1.82) is 0 Å². The summed E-state index contributed by atoms with van der Waals surface area (Å²) in [6.45, 7) is 2.79. The maximum atomic E-state index is 14.7. The van der Waals surface area contributed by atoms with E-state index in [9.17, 15) is 17.6 Å². The van der Waals surface area contributed by atoms with E-state index in [0.717, 1.165) is 44.0 Å². The first-order valence-electron chi connectivity index (χ1n) is 13.8. The van der Waals surface area contributed by atoms with Gasteiger partial charge in [0.25, 0.3) is 0 Å². The van der Waals surface area contributed by atoms with E-state index < -0.39 is 39.4 Å². The Hall–Kier alpha value is -2.58. The largest absolute Gasteiger partial charge is 0.252 e. The first kappa shape index (κ1) is 28.9. The van der Waals surface area contributed by atoms with Gasteiger partial charge in [-0.25, -0.2) is 17.6 Å². The smallest absolute Gasteiger partial charge is 0.126 e. The molecule has 7 heteroatoms. The van der Waals surface area contributed by atoms with Crippen LogP contribution >= 0.6 is 16.1 Å². The standard InChI is InChI=1S/C33H33F4NP2/c1-2-3-16-38(40(31-19-27(34)17-28(35)20-31)32-21-29(36)18-30(37)22-32)39-23-26(24-10-6-4-7-11-24)14-15-33(39)25-12-8-5-9-13-25/h4-13,17-22,26,33H,2-3,14-16,23H2,1H3/t26-,33+,39?/m1/s1. The van der Waals surface area contributed by atoms with Crippen LogP contribution in [-0.2, 0) is 0 Å². The minimum absolute atomic E-state index is 0.231. The first-order valence-corrected chi connectivity index (χ1v) is 16.6. The second-order valence-electron chi connectivity index (χ2n) is 10.3. The van der Waals surface area contributed by atoms with Gasteiger partial charge in [0, 0.05) is 43.0 Å². The molecule has 0 N–H and O–H groups in total. The van der Waals surface area contributed by atoms with Gasteiger partial charge in [0.15, 0.2) is 0 Å². The SMILES string of the molecule is CCCCN(P(c1cc(F)cc(F)c1)c1cc(F)cc(F)c1)P1C[C@H](c2ccccc2)CC[C@H]1c1ccccc1. The van der Waals surface area contributed by atoms with Gasteiger partial charge in [0.1, 0.15) is 23.3 Å². The summed E-state index contributed by atoms with van der Waals surface area (Å²) >= 11 is 0. The minimum Gasteiger partial charge on any atom is -0.252 e. The molecule has 0 amide bonds. The molecule has 0 bridgehead atoms. The molecule has 1 heterocycles. The molecule has 208 valence electrons. The van der Waals surface area contributed by atoms with E-state index in [-0.39, 0.29) is 5.66 Å². The predicted molar refractivity (Wildman–Crippen MR) is 160 cm³/mol. The van der Waals surface area contributed by atoms with Crippen LogP contribution in [0.5, 0.6) is 0 Å². The summed E-state index contributed by atoms with van der Waals surface area (Å²) in [4.78, 5) is 0. The van der Waals surface area contributed by atoms with Crippen LogP contribution in [0.25, 0.3) is 0 Å². The fraction of sp³-hybridized carbons (Fsp3) is 0.273. The fourth-order valence-corrected chi connectivity index (χ4v) is 12.9. The molecule has 3 atom stereocenters. The number of benzene rings is 4. The molecule has 1 aliphatic rings. The van der Waals surface area contributed by atoms with Crippen LogP contribution in [0.4, 0.5) is 17.6 Å². The Morgan fingerprint density at radius 3 is 1.70 bits per heavy atom. The number of hydrogen-bond donors (Lipinski definition) is 0. The molecule has 5 rings (SSSR count). The molecule has 0 aromatic heterocycles. The predicted octanol–water partition coefficient (Wildman–Crippen LogP) is 9.41. The van der Waals surface area contributed by atoms with E-state index in [2.05, 4.69) is 59.9 Å². The summed E-state index contributed by atoms with van der Waals surface area (Å²) in [5.41, 5.74) is 2.76. The summed E-state index contributed by atoms with van der Waals surface area (Å²) in [6, 6.07) is 28.0. The lowest BCUT2D eigenvalue weighted by atomic mass is 9.93. The summed E-state index contributed by atoms with van der Waals surface area (Å²) < 4.78 is 61.0. The molecule has 1 nitrogen and oxygen atoms in total. The molecule has 0 saturated carbocycles. The Kier molecular flexibility index (Phi) is 9.68. The highest BCUT2D eigenvalue weighted by Gasteiger charge is 2.39. The van der Waals surface area contributed by atoms with Crippen LogP contribution in [-0.4, -0.2) is 17.1 Å². The summed E-state index contributed by atoms with van der Waals surface area (Å²) in [5, 5.41) is 0.870. The third-order valence-corrected chi connectivity index (χ3v) is 13.7. The van der Waals surface area contributed by atoms with E-state index in [1.807, 2.05) is 12.1 Å². The van der Waals surface area contributed by atoms with Gasteiger partial charge in [0.2, 0.25) is 0 Å². The van der Waals surface area contributed by atoms with Gasteiger partial charge in [-0.2, -0.15) is 0 Å². The highest BCUT2D eigenvalue weighted by Crippen LogP contribution is 2.68. The lowest BCUT2D eigenvalue weighted by Gasteiger charge is -2.46. The van der Waals surface area contributed by atoms with Gasteiger partial charge in [-0.15, -0.1) is 0 Å². The zero-order chi connectivity index (χ0) is 28.1. The fourth-order valence-electron chi connectivity index (χ4n) is 5.60. The number of unbranched alkanes of at least 4 members (excludes halogenated alkanes) is 1. The van der Waals surface area contributed by atoms with Crippen molar-refractivity contribution in [2.45, 2.75) is 44.2 Å². The highest BCUT2D eigenvalue weighted by molar-refractivity contribution is 7.79. The highest BCUT2D eigenvalue weighted by atomic mass is 31.2. The maximum absolute atomic E-state index is 14.7. The van der Waals surface area contributed by atoms with E-state index >= 15 is 0 Å². The Balaban J connectivity index is 1.67. The molecule has 4 aromatic carbocycles. The van der Waals surface area contributed by atoms with Crippen LogP contribution in [0.15, 0.2) is 97.1 Å². The van der Waals surface area contributed by atoms with Crippen molar-refractivity contribution in [1.82, 2.24) is 4.44 Å². The topological polar surface area (TPSA) is 3.24 Å². The third-order valence-electron chi connectivity index (χ3n) is 7.43. The number of halogens is 4. The summed E-state index contributed by atoms with van der Waals surface area (Å²) in [6.07, 6.45) is 4.69. The van der Waals surface area contributed by atoms with Crippen molar-refractivity contribution in [3.05, 3.63) is 131 Å². The molecule has 0 radical (unpaired) electrons. The van der Waals surface area contributed by atoms with Crippen molar-refractivity contribution in [2.75, 3.05) is 12.7 Å². The molecule has 1 saturated heterocycles. The van der Waals surface area contributed by atoms with Crippen molar-refractivity contribution < 1.29 is 17.6 Å². The van der Waals surface area contributed by atoms with Crippen molar-refractivity contribution in [2.24, 2.45) is 0 Å². The molecule has 1 unspecified atom stereocenters. The second-order valence-corrected chi connectivity index (χ2v) is 15.1. The molecule has 1 fully saturated rings. The van der Waals surface area contributed by atoms with E-state index in [1.54, 1.807) is 0 Å². The normalized spacial score (nSPS) is 19.3. The molecule has 1 aliphatic heterocycles. The van der Waals surface area contributed by atoms with Gasteiger partial charge in [-0.3, -0.25) is 4.44 Å². The van der Waals surface area contributed by atoms with Crippen molar-refractivity contribution in [3.63, 3.8) is 0 Å². The van der Waals surface area contributed by atoms with Crippen LogP contribution in [0, 0.1) is 23.3 Å². The Labute approximate surface area is 236 Å². The van der Waals surface area contributed by atoms with Gasteiger partial charge >= 0.3 is 0 Å². The average molecular weight is 582 g/mol. The number of hydrogen-bond acceptors (Lipinski definition) is 1. The first-order chi connectivity index (χ1) is 19.4. The van der Waals surface area contributed by atoms with Gasteiger partial charge in [-0.05, 0) is 74.8 Å². The molecule has 0 aliphatic carbocycles. The van der Waals surface area contributed by atoms with Gasteiger partial charge in [0.05, 0.1) is 0 Å². The molecule has 4 aromatic rings. The lowest BCUT2D eigenvalue weighted by Crippen LogP contribution is -2.31. The monoisotopic (exact) mass is 581 g/mol. The molecular weight excluding hydrogens is 548 g/mol. The van der Waals surface area contributed by atoms with E-state index in [0.29, 0.717) is 23.1 Å². The summed E-state index contributed by atoms with van der Waals surface area (Å²) in [7, 11) is -2.52. The second kappa shape index (κ2) is 13.4. The lowest BCUT2D eigenvalue weighted by molar-refractivity contribution is 0.557. The molecule has 40 heavy (non-hydrogen) atoms. The van der Waals surface area contributed by atoms with Crippen LogP contribution in [0.3, 0.4) is 0 Å². The van der Waals surface area contributed by atoms with E-state index in [1.165, 1.54) is 35.4 Å².